The molecule has 1 aromatic heterocycles. The van der Waals surface area contributed by atoms with Gasteiger partial charge in [0.15, 0.2) is 0 Å². The van der Waals surface area contributed by atoms with Crippen LogP contribution in [-0.2, 0) is 6.54 Å². The highest BCUT2D eigenvalue weighted by molar-refractivity contribution is 6.33. The van der Waals surface area contributed by atoms with E-state index in [0.29, 0.717) is 17.1 Å². The van der Waals surface area contributed by atoms with Gasteiger partial charge in [-0.1, -0.05) is 47.9 Å². The van der Waals surface area contributed by atoms with E-state index in [1.165, 1.54) is 0 Å². The SMILES string of the molecule is C#CCn1c(C)c(/C=N\NC(=O)c2ccccc2Cl)c2ccccc21. The molecule has 4 nitrogen and oxygen atoms in total. The van der Waals surface area contributed by atoms with E-state index in [1.807, 2.05) is 35.8 Å². The lowest BCUT2D eigenvalue weighted by Crippen LogP contribution is -2.18. The summed E-state index contributed by atoms with van der Waals surface area (Å²) in [5, 5.41) is 5.51. The van der Waals surface area contributed by atoms with Crippen LogP contribution in [0.25, 0.3) is 10.9 Å². The van der Waals surface area contributed by atoms with E-state index in [1.54, 1.807) is 30.5 Å². The van der Waals surface area contributed by atoms with Crippen LogP contribution < -0.4 is 5.43 Å². The fraction of sp³-hybridized carbons (Fsp3) is 0.100. The van der Waals surface area contributed by atoms with Crippen LogP contribution in [0.1, 0.15) is 21.6 Å². The van der Waals surface area contributed by atoms with E-state index in [9.17, 15) is 4.79 Å². The maximum absolute atomic E-state index is 12.2. The lowest BCUT2D eigenvalue weighted by atomic mass is 10.1. The molecule has 0 unspecified atom stereocenters. The van der Waals surface area contributed by atoms with Crippen molar-refractivity contribution in [2.75, 3.05) is 0 Å². The minimum atomic E-state index is -0.355. The minimum absolute atomic E-state index is 0.355. The molecule has 0 radical (unpaired) electrons. The summed E-state index contributed by atoms with van der Waals surface area (Å²) in [7, 11) is 0. The summed E-state index contributed by atoms with van der Waals surface area (Å²) in [4.78, 5) is 12.2. The van der Waals surface area contributed by atoms with Crippen LogP contribution in [0, 0.1) is 19.3 Å². The molecule has 25 heavy (non-hydrogen) atoms. The number of carbonyl (C=O) groups excluding carboxylic acids is 1. The van der Waals surface area contributed by atoms with E-state index in [0.717, 1.165) is 22.2 Å². The van der Waals surface area contributed by atoms with Crippen molar-refractivity contribution in [1.29, 1.82) is 0 Å². The van der Waals surface area contributed by atoms with Crippen molar-refractivity contribution in [2.24, 2.45) is 5.10 Å². The molecule has 0 bridgehead atoms. The summed E-state index contributed by atoms with van der Waals surface area (Å²) in [5.41, 5.74) is 5.86. The highest BCUT2D eigenvalue weighted by Crippen LogP contribution is 2.24. The Labute approximate surface area is 151 Å². The van der Waals surface area contributed by atoms with E-state index >= 15 is 0 Å². The molecule has 1 N–H and O–H groups in total. The molecule has 3 aromatic rings. The third-order valence-corrected chi connectivity index (χ3v) is 4.34. The maximum Gasteiger partial charge on any atom is 0.272 e. The summed E-state index contributed by atoms with van der Waals surface area (Å²) >= 11 is 6.02. The molecule has 5 heteroatoms. The van der Waals surface area contributed by atoms with Gasteiger partial charge in [-0.2, -0.15) is 5.10 Å². The van der Waals surface area contributed by atoms with Crippen LogP contribution >= 0.6 is 11.6 Å². The normalized spacial score (nSPS) is 10.9. The molecule has 0 saturated heterocycles. The number of nitrogens with zero attached hydrogens (tertiary/aromatic N) is 2. The van der Waals surface area contributed by atoms with Crippen LogP contribution in [-0.4, -0.2) is 16.7 Å². The molecule has 0 aliphatic heterocycles. The molecule has 124 valence electrons. The van der Waals surface area contributed by atoms with Gasteiger partial charge in [-0.05, 0) is 25.1 Å². The smallest absolute Gasteiger partial charge is 0.272 e. The lowest BCUT2D eigenvalue weighted by molar-refractivity contribution is 0.0955. The number of aromatic nitrogens is 1. The van der Waals surface area contributed by atoms with Crippen molar-refractivity contribution in [1.82, 2.24) is 9.99 Å². The van der Waals surface area contributed by atoms with Crippen LogP contribution in [0.15, 0.2) is 53.6 Å². The van der Waals surface area contributed by atoms with Crippen molar-refractivity contribution in [2.45, 2.75) is 13.5 Å². The Bertz CT molecular complexity index is 1010. The second-order valence-electron chi connectivity index (χ2n) is 5.49. The second-order valence-corrected chi connectivity index (χ2v) is 5.89. The molecule has 0 aliphatic carbocycles. The number of hydrogen-bond donors (Lipinski definition) is 1. The van der Waals surface area contributed by atoms with Crippen molar-refractivity contribution in [3.05, 3.63) is 70.4 Å². The van der Waals surface area contributed by atoms with Gasteiger partial charge < -0.3 is 4.57 Å². The van der Waals surface area contributed by atoms with Crippen molar-refractivity contribution in [3.63, 3.8) is 0 Å². The number of nitrogens with one attached hydrogen (secondary N) is 1. The van der Waals surface area contributed by atoms with Gasteiger partial charge in [0.2, 0.25) is 0 Å². The summed E-state index contributed by atoms with van der Waals surface area (Å²) in [6.07, 6.45) is 7.11. The van der Waals surface area contributed by atoms with Gasteiger partial charge in [0.1, 0.15) is 0 Å². The average molecular weight is 350 g/mol. The van der Waals surface area contributed by atoms with E-state index in [-0.39, 0.29) is 5.91 Å². The molecule has 0 atom stereocenters. The van der Waals surface area contributed by atoms with Gasteiger partial charge >= 0.3 is 0 Å². The van der Waals surface area contributed by atoms with Crippen LogP contribution in [0.3, 0.4) is 0 Å². The number of rotatable bonds is 4. The molecular formula is C20H16ClN3O. The number of hydrazone groups is 1. The molecule has 3 rings (SSSR count). The largest absolute Gasteiger partial charge is 0.333 e. The van der Waals surface area contributed by atoms with Gasteiger partial charge in [0, 0.05) is 22.2 Å². The number of terminal acetylenes is 1. The van der Waals surface area contributed by atoms with Crippen molar-refractivity contribution in [3.8, 4) is 12.3 Å². The quantitative estimate of drug-likeness (QED) is 0.432. The Balaban J connectivity index is 1.90. The number of para-hydroxylation sites is 1. The molecule has 1 heterocycles. The molecule has 0 aliphatic rings. The highest BCUT2D eigenvalue weighted by atomic mass is 35.5. The van der Waals surface area contributed by atoms with E-state index < -0.39 is 0 Å². The third kappa shape index (κ3) is 3.28. The number of halogens is 1. The fourth-order valence-corrected chi connectivity index (χ4v) is 3.00. The van der Waals surface area contributed by atoms with Crippen LogP contribution in [0.4, 0.5) is 0 Å². The predicted molar refractivity (Wildman–Crippen MR) is 102 cm³/mol. The first kappa shape index (κ1) is 16.8. The monoisotopic (exact) mass is 349 g/mol. The van der Waals surface area contributed by atoms with Gasteiger partial charge in [-0.15, -0.1) is 6.42 Å². The van der Waals surface area contributed by atoms with Gasteiger partial charge in [-0.3, -0.25) is 4.79 Å². The minimum Gasteiger partial charge on any atom is -0.333 e. The maximum atomic E-state index is 12.2. The van der Waals surface area contributed by atoms with E-state index in [4.69, 9.17) is 18.0 Å². The van der Waals surface area contributed by atoms with Crippen molar-refractivity contribution < 1.29 is 4.79 Å². The second kappa shape index (κ2) is 7.25. The van der Waals surface area contributed by atoms with Crippen molar-refractivity contribution >= 4 is 34.6 Å². The summed E-state index contributed by atoms with van der Waals surface area (Å²) < 4.78 is 2.05. The Morgan fingerprint density at radius 1 is 1.28 bits per heavy atom. The molecular weight excluding hydrogens is 334 g/mol. The number of fused-ring (bicyclic) bond motifs is 1. The zero-order chi connectivity index (χ0) is 17.8. The molecule has 0 spiro atoms. The number of amides is 1. The zero-order valence-corrected chi connectivity index (χ0v) is 14.4. The summed E-state index contributed by atoms with van der Waals surface area (Å²) in [6.45, 7) is 2.46. The molecule has 2 aromatic carbocycles. The fourth-order valence-electron chi connectivity index (χ4n) is 2.78. The first-order valence-electron chi connectivity index (χ1n) is 7.72. The highest BCUT2D eigenvalue weighted by Gasteiger charge is 2.12. The third-order valence-electron chi connectivity index (χ3n) is 4.01. The average Bonchev–Trinajstić information content (AvgIpc) is 2.88. The molecule has 1 amide bonds. The standard InChI is InChI=1S/C20H16ClN3O/c1-3-12-24-14(2)17(15-8-5-7-11-19(15)24)13-22-23-20(25)16-9-4-6-10-18(16)21/h1,4-11,13H,12H2,2H3,(H,23,25)/b22-13-. The number of benzene rings is 2. The number of carbonyl (C=O) groups is 1. The predicted octanol–water partition coefficient (Wildman–Crippen LogP) is 4.00. The van der Waals surface area contributed by atoms with Crippen LogP contribution in [0.5, 0.6) is 0 Å². The molecule has 0 fully saturated rings. The molecule has 0 saturated carbocycles. The van der Waals surface area contributed by atoms with Crippen LogP contribution in [0.2, 0.25) is 5.02 Å². The van der Waals surface area contributed by atoms with E-state index in [2.05, 4.69) is 16.4 Å². The first-order valence-corrected chi connectivity index (χ1v) is 8.10. The summed E-state index contributed by atoms with van der Waals surface area (Å²) in [6, 6.07) is 14.8. The van der Waals surface area contributed by atoms with Gasteiger partial charge in [-0.25, -0.2) is 5.43 Å². The Hall–Kier alpha value is -3.03. The summed E-state index contributed by atoms with van der Waals surface area (Å²) in [5.74, 6) is 2.31. The van der Waals surface area contributed by atoms with Gasteiger partial charge in [0.05, 0.1) is 23.3 Å². The Kier molecular flexibility index (Phi) is 4.87. The number of hydrogen-bond acceptors (Lipinski definition) is 2. The zero-order valence-electron chi connectivity index (χ0n) is 13.7. The Morgan fingerprint density at radius 3 is 2.76 bits per heavy atom. The lowest BCUT2D eigenvalue weighted by Gasteiger charge is -2.03. The first-order chi connectivity index (χ1) is 12.1. The van der Waals surface area contributed by atoms with Gasteiger partial charge in [0.25, 0.3) is 5.91 Å². The Morgan fingerprint density at radius 2 is 2.00 bits per heavy atom. The topological polar surface area (TPSA) is 46.4 Å².